The van der Waals surface area contributed by atoms with E-state index < -0.39 is 37.8 Å². The maximum atomic E-state index is 13.0. The van der Waals surface area contributed by atoms with Crippen molar-refractivity contribution in [1.82, 2.24) is 0 Å². The van der Waals surface area contributed by atoms with Crippen molar-refractivity contribution >= 4 is 43.0 Å². The van der Waals surface area contributed by atoms with Gasteiger partial charge in [0.05, 0.1) is 16.8 Å². The third-order valence-corrected chi connectivity index (χ3v) is 7.84. The maximum Gasteiger partial charge on any atom is 0.261 e. The summed E-state index contributed by atoms with van der Waals surface area (Å²) in [5, 5.41) is 2.63. The summed E-state index contributed by atoms with van der Waals surface area (Å²) < 4.78 is 66.8. The number of rotatable bonds is 8. The summed E-state index contributed by atoms with van der Waals surface area (Å²) in [7, 11) is -7.73. The number of hydrogen-bond donors (Lipinski definition) is 2. The molecule has 186 valence electrons. The fourth-order valence-corrected chi connectivity index (χ4v) is 5.72. The number of hydrogen-bond acceptors (Lipinski definition) is 5. The van der Waals surface area contributed by atoms with Crippen LogP contribution in [0, 0.1) is 19.7 Å². The molecular weight excluding hydrogens is 493 g/mol. The minimum atomic E-state index is -3.94. The molecule has 1 amide bonds. The van der Waals surface area contributed by atoms with Gasteiger partial charge in [0.15, 0.2) is 0 Å². The van der Waals surface area contributed by atoms with Crippen LogP contribution in [0.3, 0.4) is 0 Å². The second-order valence-electron chi connectivity index (χ2n) is 8.15. The molecule has 1 atom stereocenters. The predicted octanol–water partition coefficient (Wildman–Crippen LogP) is 4.04. The zero-order valence-electron chi connectivity index (χ0n) is 19.6. The Labute approximate surface area is 204 Å². The molecule has 0 aromatic heterocycles. The van der Waals surface area contributed by atoms with Gasteiger partial charge in [0, 0.05) is 11.4 Å². The van der Waals surface area contributed by atoms with E-state index in [1.807, 2.05) is 13.0 Å². The van der Waals surface area contributed by atoms with Crippen LogP contribution in [0.1, 0.15) is 18.1 Å². The van der Waals surface area contributed by atoms with Crippen LogP contribution in [0.25, 0.3) is 0 Å². The molecule has 0 spiro atoms. The van der Waals surface area contributed by atoms with Crippen LogP contribution in [-0.2, 0) is 24.8 Å². The third kappa shape index (κ3) is 6.37. The summed E-state index contributed by atoms with van der Waals surface area (Å²) in [6.07, 6.45) is 1.03. The second kappa shape index (κ2) is 10.0. The molecule has 3 aromatic carbocycles. The standard InChI is InChI=1S/C24H26FN3O5S2/c1-16-5-6-17(2)23(15-16)28(34(4,30)31)18(3)24(29)26-20-11-13-22(14-12-20)35(32,33)27-21-9-7-19(25)8-10-21/h5-15,18,27H,1-4H3,(H,26,29)/t18-/m0/s1. The molecule has 0 radical (unpaired) electrons. The smallest absolute Gasteiger partial charge is 0.261 e. The molecule has 0 aliphatic carbocycles. The first-order valence-electron chi connectivity index (χ1n) is 10.5. The van der Waals surface area contributed by atoms with Crippen molar-refractivity contribution in [1.29, 1.82) is 0 Å². The molecule has 2 N–H and O–H groups in total. The largest absolute Gasteiger partial charge is 0.324 e. The molecule has 8 nitrogen and oxygen atoms in total. The molecule has 35 heavy (non-hydrogen) atoms. The van der Waals surface area contributed by atoms with Crippen LogP contribution in [-0.4, -0.2) is 35.0 Å². The minimum absolute atomic E-state index is 0.0685. The van der Waals surface area contributed by atoms with Crippen molar-refractivity contribution < 1.29 is 26.0 Å². The normalized spacial score (nSPS) is 12.6. The number of carbonyl (C=O) groups is 1. The van der Waals surface area contributed by atoms with Gasteiger partial charge in [0.1, 0.15) is 11.9 Å². The van der Waals surface area contributed by atoms with Crippen LogP contribution in [0.2, 0.25) is 0 Å². The van der Waals surface area contributed by atoms with Gasteiger partial charge < -0.3 is 5.32 Å². The van der Waals surface area contributed by atoms with Gasteiger partial charge in [-0.1, -0.05) is 12.1 Å². The number of sulfonamides is 2. The molecular formula is C24H26FN3O5S2. The molecule has 3 rings (SSSR count). The fourth-order valence-electron chi connectivity index (χ4n) is 3.43. The molecule has 0 heterocycles. The number of nitrogens with zero attached hydrogens (tertiary/aromatic N) is 1. The number of aryl methyl sites for hydroxylation is 2. The highest BCUT2D eigenvalue weighted by Gasteiger charge is 2.30. The molecule has 0 saturated heterocycles. The molecule has 0 aliphatic rings. The molecule has 0 bridgehead atoms. The van der Waals surface area contributed by atoms with E-state index in [0.29, 0.717) is 11.3 Å². The van der Waals surface area contributed by atoms with E-state index in [2.05, 4.69) is 10.0 Å². The van der Waals surface area contributed by atoms with Gasteiger partial charge in [-0.05, 0) is 86.5 Å². The monoisotopic (exact) mass is 519 g/mol. The van der Waals surface area contributed by atoms with Gasteiger partial charge in [-0.25, -0.2) is 21.2 Å². The second-order valence-corrected chi connectivity index (χ2v) is 11.7. The first kappa shape index (κ1) is 26.2. The zero-order valence-corrected chi connectivity index (χ0v) is 21.2. The Morgan fingerprint density at radius 2 is 1.46 bits per heavy atom. The number of anilines is 3. The summed E-state index contributed by atoms with van der Waals surface area (Å²) in [5.74, 6) is -1.08. The molecule has 0 fully saturated rings. The highest BCUT2D eigenvalue weighted by atomic mass is 32.2. The van der Waals surface area contributed by atoms with Gasteiger partial charge in [-0.15, -0.1) is 0 Å². The van der Waals surface area contributed by atoms with E-state index in [1.54, 1.807) is 19.1 Å². The summed E-state index contributed by atoms with van der Waals surface area (Å²) in [5.41, 5.74) is 2.44. The molecule has 0 unspecified atom stereocenters. The molecule has 0 aliphatic heterocycles. The Balaban J connectivity index is 1.79. The molecule has 3 aromatic rings. The van der Waals surface area contributed by atoms with Crippen LogP contribution in [0.15, 0.2) is 71.6 Å². The van der Waals surface area contributed by atoms with Crippen molar-refractivity contribution in [2.75, 3.05) is 20.6 Å². The summed E-state index contributed by atoms with van der Waals surface area (Å²) in [4.78, 5) is 12.9. The van der Waals surface area contributed by atoms with Gasteiger partial charge in [-0.3, -0.25) is 13.8 Å². The third-order valence-electron chi connectivity index (χ3n) is 5.22. The first-order chi connectivity index (χ1) is 16.3. The molecule has 11 heteroatoms. The molecule has 0 saturated carbocycles. The zero-order chi connectivity index (χ0) is 26.0. The number of amides is 1. The van der Waals surface area contributed by atoms with Crippen LogP contribution < -0.4 is 14.3 Å². The van der Waals surface area contributed by atoms with E-state index in [1.165, 1.54) is 43.3 Å². The number of benzene rings is 3. The van der Waals surface area contributed by atoms with E-state index in [-0.39, 0.29) is 16.3 Å². The lowest BCUT2D eigenvalue weighted by Gasteiger charge is -2.29. The SMILES string of the molecule is Cc1ccc(C)c(N([C@@H](C)C(=O)Nc2ccc(S(=O)(=O)Nc3ccc(F)cc3)cc2)S(C)(=O)=O)c1. The topological polar surface area (TPSA) is 113 Å². The first-order valence-corrected chi connectivity index (χ1v) is 13.9. The number of nitrogens with one attached hydrogen (secondary N) is 2. The average molecular weight is 520 g/mol. The van der Waals surface area contributed by atoms with Gasteiger partial charge in [0.25, 0.3) is 10.0 Å². The fraction of sp³-hybridized carbons (Fsp3) is 0.208. The Bertz CT molecular complexity index is 1440. The maximum absolute atomic E-state index is 13.0. The van der Waals surface area contributed by atoms with E-state index in [4.69, 9.17) is 0 Å². The van der Waals surface area contributed by atoms with E-state index in [9.17, 15) is 26.0 Å². The van der Waals surface area contributed by atoms with Gasteiger partial charge in [0.2, 0.25) is 15.9 Å². The average Bonchev–Trinajstić information content (AvgIpc) is 2.77. The van der Waals surface area contributed by atoms with Crippen molar-refractivity contribution in [3.63, 3.8) is 0 Å². The highest BCUT2D eigenvalue weighted by Crippen LogP contribution is 2.27. The van der Waals surface area contributed by atoms with Crippen molar-refractivity contribution in [2.45, 2.75) is 31.7 Å². The lowest BCUT2D eigenvalue weighted by atomic mass is 10.1. The highest BCUT2D eigenvalue weighted by molar-refractivity contribution is 7.92. The number of carbonyl (C=O) groups excluding carboxylic acids is 1. The number of halogens is 1. The Hall–Kier alpha value is -3.44. The van der Waals surface area contributed by atoms with E-state index in [0.717, 1.165) is 28.3 Å². The van der Waals surface area contributed by atoms with Crippen LogP contribution in [0.4, 0.5) is 21.5 Å². The van der Waals surface area contributed by atoms with Crippen molar-refractivity contribution in [3.8, 4) is 0 Å². The van der Waals surface area contributed by atoms with Crippen LogP contribution in [0.5, 0.6) is 0 Å². The Kier molecular flexibility index (Phi) is 7.51. The quantitative estimate of drug-likeness (QED) is 0.467. The van der Waals surface area contributed by atoms with Crippen molar-refractivity contribution in [2.24, 2.45) is 0 Å². The summed E-state index contributed by atoms with van der Waals surface area (Å²) in [6.45, 7) is 5.06. The Morgan fingerprint density at radius 1 is 0.886 bits per heavy atom. The lowest BCUT2D eigenvalue weighted by Crippen LogP contribution is -2.45. The van der Waals surface area contributed by atoms with Gasteiger partial charge in [-0.2, -0.15) is 0 Å². The summed E-state index contributed by atoms with van der Waals surface area (Å²) in [6, 6.07) is 14.5. The minimum Gasteiger partial charge on any atom is -0.324 e. The van der Waals surface area contributed by atoms with Gasteiger partial charge >= 0.3 is 0 Å². The van der Waals surface area contributed by atoms with E-state index >= 15 is 0 Å². The Morgan fingerprint density at radius 3 is 2.03 bits per heavy atom. The predicted molar refractivity (Wildman–Crippen MR) is 135 cm³/mol. The van der Waals surface area contributed by atoms with Crippen LogP contribution >= 0.6 is 0 Å². The van der Waals surface area contributed by atoms with Crippen molar-refractivity contribution in [3.05, 3.63) is 83.7 Å². The lowest BCUT2D eigenvalue weighted by molar-refractivity contribution is -0.116. The summed E-state index contributed by atoms with van der Waals surface area (Å²) >= 11 is 0.